The van der Waals surface area contributed by atoms with Crippen LogP contribution in [0.2, 0.25) is 0 Å². The number of morpholine rings is 1. The highest BCUT2D eigenvalue weighted by molar-refractivity contribution is 5.74. The molecule has 2 N–H and O–H groups in total. The van der Waals surface area contributed by atoms with Crippen molar-refractivity contribution in [2.75, 3.05) is 32.8 Å². The normalized spacial score (nSPS) is 17.8. The molecule has 3 rings (SSSR count). The quantitative estimate of drug-likeness (QED) is 0.646. The maximum atomic E-state index is 13.5. The number of aliphatic hydroxyl groups excluding tert-OH is 1. The van der Waals surface area contributed by atoms with Gasteiger partial charge < -0.3 is 20.1 Å². The molecule has 0 aliphatic carbocycles. The lowest BCUT2D eigenvalue weighted by molar-refractivity contribution is -0.137. The molecule has 2 atom stereocenters. The zero-order valence-corrected chi connectivity index (χ0v) is 17.0. The molecule has 1 fully saturated rings. The average molecular weight is 458 g/mol. The Morgan fingerprint density at radius 1 is 1.16 bits per heavy atom. The summed E-state index contributed by atoms with van der Waals surface area (Å²) in [5.74, 6) is -2.36. The van der Waals surface area contributed by atoms with Crippen molar-refractivity contribution in [3.05, 3.63) is 70.8 Å². The molecule has 1 aliphatic rings. The Labute approximate surface area is 181 Å². The Morgan fingerprint density at radius 3 is 2.50 bits per heavy atom. The second kappa shape index (κ2) is 10.3. The molecule has 2 unspecified atom stereocenters. The van der Waals surface area contributed by atoms with Gasteiger partial charge in [0.15, 0.2) is 11.6 Å². The lowest BCUT2D eigenvalue weighted by Gasteiger charge is -2.33. The van der Waals surface area contributed by atoms with Crippen molar-refractivity contribution in [3.63, 3.8) is 0 Å². The number of urea groups is 1. The summed E-state index contributed by atoms with van der Waals surface area (Å²) in [6, 6.07) is 7.68. The number of rotatable bonds is 6. The van der Waals surface area contributed by atoms with Crippen molar-refractivity contribution in [2.24, 2.45) is 5.92 Å². The molecule has 0 bridgehead atoms. The zero-order valence-electron chi connectivity index (χ0n) is 17.0. The fourth-order valence-corrected chi connectivity index (χ4v) is 3.46. The van der Waals surface area contributed by atoms with Gasteiger partial charge in [0.05, 0.1) is 18.7 Å². The monoisotopic (exact) mass is 458 g/mol. The van der Waals surface area contributed by atoms with Crippen LogP contribution in [0.25, 0.3) is 0 Å². The number of alkyl halides is 3. The number of ether oxygens (including phenoxy) is 1. The largest absolute Gasteiger partial charge is 0.416 e. The maximum Gasteiger partial charge on any atom is 0.416 e. The van der Waals surface area contributed by atoms with Gasteiger partial charge in [0.25, 0.3) is 0 Å². The number of carbonyl (C=O) groups excluding carboxylic acids is 1. The molecule has 32 heavy (non-hydrogen) atoms. The van der Waals surface area contributed by atoms with Crippen molar-refractivity contribution in [3.8, 4) is 0 Å². The number of carbonyl (C=O) groups is 1. The van der Waals surface area contributed by atoms with Crippen molar-refractivity contribution in [1.29, 1.82) is 0 Å². The predicted octanol–water partition coefficient (Wildman–Crippen LogP) is 3.92. The van der Waals surface area contributed by atoms with Crippen LogP contribution in [-0.2, 0) is 17.3 Å². The first-order valence-electron chi connectivity index (χ1n) is 10.0. The van der Waals surface area contributed by atoms with Crippen LogP contribution < -0.4 is 5.32 Å². The van der Waals surface area contributed by atoms with Gasteiger partial charge in [-0.2, -0.15) is 13.2 Å². The molecule has 5 nitrogen and oxygen atoms in total. The molecule has 2 aromatic carbocycles. The zero-order chi connectivity index (χ0) is 23.3. The van der Waals surface area contributed by atoms with Gasteiger partial charge in [0.1, 0.15) is 6.10 Å². The first-order chi connectivity index (χ1) is 15.2. The van der Waals surface area contributed by atoms with Gasteiger partial charge in [-0.3, -0.25) is 0 Å². The van der Waals surface area contributed by atoms with Crippen LogP contribution in [0.5, 0.6) is 0 Å². The summed E-state index contributed by atoms with van der Waals surface area (Å²) in [5, 5.41) is 12.3. The molecule has 10 heteroatoms. The second-order valence-corrected chi connectivity index (χ2v) is 7.61. The summed E-state index contributed by atoms with van der Waals surface area (Å²) in [6.07, 6.45) is -4.74. The SMILES string of the molecule is O=C(NCC(CO)Cc1ccc(C(F)(F)F)cc1)N1CCOC(c2ccc(F)c(F)c2)C1. The molecule has 0 aromatic heterocycles. The second-order valence-electron chi connectivity index (χ2n) is 7.61. The van der Waals surface area contributed by atoms with Gasteiger partial charge in [-0.25, -0.2) is 13.6 Å². The highest BCUT2D eigenvalue weighted by Crippen LogP contribution is 2.29. The molecule has 2 amide bonds. The van der Waals surface area contributed by atoms with E-state index < -0.39 is 41.4 Å². The number of benzene rings is 2. The Morgan fingerprint density at radius 2 is 1.88 bits per heavy atom. The number of hydrogen-bond acceptors (Lipinski definition) is 3. The van der Waals surface area contributed by atoms with Crippen molar-refractivity contribution in [2.45, 2.75) is 18.7 Å². The van der Waals surface area contributed by atoms with Gasteiger partial charge >= 0.3 is 12.2 Å². The first kappa shape index (κ1) is 23.9. The maximum absolute atomic E-state index is 13.5. The third-order valence-corrected chi connectivity index (χ3v) is 5.27. The molecule has 1 saturated heterocycles. The molecule has 0 saturated carbocycles. The van der Waals surface area contributed by atoms with E-state index in [1.807, 2.05) is 0 Å². The van der Waals surface area contributed by atoms with Crippen molar-refractivity contribution < 1.29 is 36.6 Å². The topological polar surface area (TPSA) is 61.8 Å². The van der Waals surface area contributed by atoms with Crippen LogP contribution >= 0.6 is 0 Å². The van der Waals surface area contributed by atoms with Crippen molar-refractivity contribution >= 4 is 6.03 Å². The minimum atomic E-state index is -4.42. The highest BCUT2D eigenvalue weighted by atomic mass is 19.4. The van der Waals surface area contributed by atoms with E-state index in [0.717, 1.165) is 24.3 Å². The predicted molar refractivity (Wildman–Crippen MR) is 106 cm³/mol. The minimum Gasteiger partial charge on any atom is -0.396 e. The summed E-state index contributed by atoms with van der Waals surface area (Å²) < 4.78 is 70.2. The Bertz CT molecular complexity index is 921. The molecule has 2 aromatic rings. The van der Waals surface area contributed by atoms with E-state index in [1.165, 1.54) is 23.1 Å². The van der Waals surface area contributed by atoms with Crippen LogP contribution in [0.4, 0.5) is 26.7 Å². The van der Waals surface area contributed by atoms with Gasteiger partial charge in [-0.15, -0.1) is 0 Å². The average Bonchev–Trinajstić information content (AvgIpc) is 2.78. The number of nitrogens with zero attached hydrogens (tertiary/aromatic N) is 1. The third kappa shape index (κ3) is 6.17. The molecule has 174 valence electrons. The minimum absolute atomic E-state index is 0.115. The lowest BCUT2D eigenvalue weighted by atomic mass is 9.99. The number of aliphatic hydroxyl groups is 1. The van der Waals surface area contributed by atoms with Gasteiger partial charge in [0, 0.05) is 25.6 Å². The van der Waals surface area contributed by atoms with Crippen LogP contribution in [-0.4, -0.2) is 48.9 Å². The van der Waals surface area contributed by atoms with E-state index in [0.29, 0.717) is 17.7 Å². The molecular weight excluding hydrogens is 435 g/mol. The first-order valence-corrected chi connectivity index (χ1v) is 10.0. The van der Waals surface area contributed by atoms with E-state index in [1.54, 1.807) is 0 Å². The van der Waals surface area contributed by atoms with Gasteiger partial charge in [-0.1, -0.05) is 18.2 Å². The van der Waals surface area contributed by atoms with E-state index in [4.69, 9.17) is 4.74 Å². The van der Waals surface area contributed by atoms with E-state index in [9.17, 15) is 31.9 Å². The fourth-order valence-electron chi connectivity index (χ4n) is 3.46. The number of hydrogen-bond donors (Lipinski definition) is 2. The Balaban J connectivity index is 1.53. The van der Waals surface area contributed by atoms with Gasteiger partial charge in [-0.05, 0) is 41.8 Å². The molecule has 1 aliphatic heterocycles. The van der Waals surface area contributed by atoms with E-state index in [-0.39, 0.29) is 32.7 Å². The van der Waals surface area contributed by atoms with Crippen LogP contribution in [0, 0.1) is 17.6 Å². The molecule has 0 spiro atoms. The Kier molecular flexibility index (Phi) is 7.68. The summed E-state index contributed by atoms with van der Waals surface area (Å²) in [6.45, 7) is 0.506. The third-order valence-electron chi connectivity index (χ3n) is 5.27. The van der Waals surface area contributed by atoms with Gasteiger partial charge in [0.2, 0.25) is 0 Å². The van der Waals surface area contributed by atoms with Crippen LogP contribution in [0.3, 0.4) is 0 Å². The fraction of sp³-hybridized carbons (Fsp3) is 0.409. The standard InChI is InChI=1S/C22H23F5N2O3/c23-18-6-3-16(10-19(18)24)20-12-29(7-8-32-20)21(31)28-11-15(13-30)9-14-1-4-17(5-2-14)22(25,26)27/h1-6,10,15,20,30H,7-9,11-13H2,(H,28,31). The van der Waals surface area contributed by atoms with E-state index in [2.05, 4.69) is 5.32 Å². The summed E-state index contributed by atoms with van der Waals surface area (Å²) >= 11 is 0. The summed E-state index contributed by atoms with van der Waals surface area (Å²) in [4.78, 5) is 14.0. The summed E-state index contributed by atoms with van der Waals surface area (Å²) in [5.41, 5.74) is 0.269. The number of nitrogens with one attached hydrogen (secondary N) is 1. The molecular formula is C22H23F5N2O3. The Hall–Kier alpha value is -2.72. The smallest absolute Gasteiger partial charge is 0.396 e. The van der Waals surface area contributed by atoms with Crippen molar-refractivity contribution in [1.82, 2.24) is 10.2 Å². The lowest BCUT2D eigenvalue weighted by Crippen LogP contribution is -2.48. The van der Waals surface area contributed by atoms with E-state index >= 15 is 0 Å². The van der Waals surface area contributed by atoms with Crippen LogP contribution in [0.1, 0.15) is 22.8 Å². The van der Waals surface area contributed by atoms with Crippen LogP contribution in [0.15, 0.2) is 42.5 Å². The molecule has 1 heterocycles. The number of halogens is 5. The summed E-state index contributed by atoms with van der Waals surface area (Å²) in [7, 11) is 0. The number of amides is 2. The highest BCUT2D eigenvalue weighted by Gasteiger charge is 2.30. The molecule has 0 radical (unpaired) electrons.